The molecule has 0 spiro atoms. The SMILES string of the molecule is CCCC1CCCN(CC2CCCC(C)(C)C2N)CC1. The summed E-state index contributed by atoms with van der Waals surface area (Å²) in [5, 5.41) is 0. The molecular weight excluding hydrogens is 244 g/mol. The molecule has 2 N–H and O–H groups in total. The Labute approximate surface area is 126 Å². The lowest BCUT2D eigenvalue weighted by atomic mass is 9.68. The minimum atomic E-state index is 0.347. The zero-order chi connectivity index (χ0) is 14.6. The first kappa shape index (κ1) is 16.3. The second-order valence-electron chi connectivity index (χ2n) is 8.05. The quantitative estimate of drug-likeness (QED) is 0.842. The van der Waals surface area contributed by atoms with Gasteiger partial charge in [-0.15, -0.1) is 0 Å². The fourth-order valence-corrected chi connectivity index (χ4v) is 4.45. The Kier molecular flexibility index (Phi) is 5.92. The monoisotopic (exact) mass is 280 g/mol. The van der Waals surface area contributed by atoms with E-state index in [4.69, 9.17) is 5.73 Å². The first-order valence-electron chi connectivity index (χ1n) is 9.01. The Hall–Kier alpha value is -0.0800. The van der Waals surface area contributed by atoms with Crippen molar-refractivity contribution in [2.75, 3.05) is 19.6 Å². The van der Waals surface area contributed by atoms with Gasteiger partial charge < -0.3 is 10.6 Å². The highest BCUT2D eigenvalue weighted by atomic mass is 15.1. The molecular formula is C18H36N2. The van der Waals surface area contributed by atoms with Crippen LogP contribution in [0.4, 0.5) is 0 Å². The molecule has 0 aromatic carbocycles. The van der Waals surface area contributed by atoms with Gasteiger partial charge in [0.15, 0.2) is 0 Å². The maximum absolute atomic E-state index is 6.56. The number of nitrogens with two attached hydrogens (primary N) is 1. The lowest BCUT2D eigenvalue weighted by molar-refractivity contribution is 0.103. The van der Waals surface area contributed by atoms with E-state index in [2.05, 4.69) is 25.7 Å². The summed E-state index contributed by atoms with van der Waals surface area (Å²) >= 11 is 0. The molecule has 1 aliphatic carbocycles. The number of rotatable bonds is 4. The van der Waals surface area contributed by atoms with E-state index in [0.29, 0.717) is 11.5 Å². The van der Waals surface area contributed by atoms with Crippen LogP contribution in [-0.4, -0.2) is 30.6 Å². The molecule has 118 valence electrons. The van der Waals surface area contributed by atoms with Gasteiger partial charge in [-0.1, -0.05) is 40.0 Å². The highest BCUT2D eigenvalue weighted by Gasteiger charge is 2.37. The van der Waals surface area contributed by atoms with Gasteiger partial charge in [0.25, 0.3) is 0 Å². The predicted octanol–water partition coefficient (Wildman–Crippen LogP) is 4.04. The highest BCUT2D eigenvalue weighted by molar-refractivity contribution is 4.92. The van der Waals surface area contributed by atoms with Crippen LogP contribution in [0.15, 0.2) is 0 Å². The van der Waals surface area contributed by atoms with Crippen LogP contribution in [0, 0.1) is 17.3 Å². The van der Waals surface area contributed by atoms with Gasteiger partial charge in [-0.2, -0.15) is 0 Å². The molecule has 0 aromatic rings. The molecule has 2 rings (SSSR count). The van der Waals surface area contributed by atoms with E-state index in [9.17, 15) is 0 Å². The van der Waals surface area contributed by atoms with Crippen molar-refractivity contribution in [1.29, 1.82) is 0 Å². The summed E-state index contributed by atoms with van der Waals surface area (Å²) in [5.74, 6) is 1.71. The molecule has 1 saturated heterocycles. The van der Waals surface area contributed by atoms with Crippen LogP contribution in [0.3, 0.4) is 0 Å². The van der Waals surface area contributed by atoms with Gasteiger partial charge in [-0.3, -0.25) is 0 Å². The molecule has 2 fully saturated rings. The molecule has 1 saturated carbocycles. The summed E-state index contributed by atoms with van der Waals surface area (Å²) < 4.78 is 0. The maximum Gasteiger partial charge on any atom is 0.0131 e. The molecule has 2 aliphatic rings. The number of hydrogen-bond donors (Lipinski definition) is 1. The molecule has 0 bridgehead atoms. The summed E-state index contributed by atoms with van der Waals surface area (Å²) in [6.07, 6.45) is 11.1. The summed E-state index contributed by atoms with van der Waals surface area (Å²) in [6, 6.07) is 0.394. The highest BCUT2D eigenvalue weighted by Crippen LogP contribution is 2.38. The van der Waals surface area contributed by atoms with Crippen LogP contribution in [0.25, 0.3) is 0 Å². The van der Waals surface area contributed by atoms with Gasteiger partial charge in [-0.05, 0) is 62.4 Å². The van der Waals surface area contributed by atoms with Gasteiger partial charge >= 0.3 is 0 Å². The Morgan fingerprint density at radius 3 is 2.65 bits per heavy atom. The Balaban J connectivity index is 1.83. The van der Waals surface area contributed by atoms with Crippen molar-refractivity contribution in [1.82, 2.24) is 4.90 Å². The zero-order valence-electron chi connectivity index (χ0n) is 14.0. The van der Waals surface area contributed by atoms with Crippen LogP contribution in [0.2, 0.25) is 0 Å². The third kappa shape index (κ3) is 4.21. The summed E-state index contributed by atoms with van der Waals surface area (Å²) in [6.45, 7) is 10.9. The molecule has 3 unspecified atom stereocenters. The Morgan fingerprint density at radius 2 is 1.90 bits per heavy atom. The minimum absolute atomic E-state index is 0.347. The van der Waals surface area contributed by atoms with Gasteiger partial charge in [-0.25, -0.2) is 0 Å². The third-order valence-electron chi connectivity index (χ3n) is 5.94. The fourth-order valence-electron chi connectivity index (χ4n) is 4.45. The van der Waals surface area contributed by atoms with E-state index < -0.39 is 0 Å². The van der Waals surface area contributed by atoms with E-state index in [1.165, 1.54) is 71.0 Å². The van der Waals surface area contributed by atoms with Crippen LogP contribution in [0.1, 0.15) is 72.1 Å². The second kappa shape index (κ2) is 7.26. The molecule has 1 aliphatic heterocycles. The Bertz CT molecular complexity index is 287. The predicted molar refractivity (Wildman–Crippen MR) is 87.8 cm³/mol. The van der Waals surface area contributed by atoms with Gasteiger partial charge in [0, 0.05) is 12.6 Å². The lowest BCUT2D eigenvalue weighted by Crippen LogP contribution is -2.50. The van der Waals surface area contributed by atoms with Crippen molar-refractivity contribution in [2.45, 2.75) is 78.2 Å². The second-order valence-corrected chi connectivity index (χ2v) is 8.05. The molecule has 1 heterocycles. The van der Waals surface area contributed by atoms with Crippen molar-refractivity contribution < 1.29 is 0 Å². The summed E-state index contributed by atoms with van der Waals surface area (Å²) in [4.78, 5) is 2.72. The van der Waals surface area contributed by atoms with E-state index in [1.807, 2.05) is 0 Å². The lowest BCUT2D eigenvalue weighted by Gasteiger charge is -2.43. The average molecular weight is 281 g/mol. The maximum atomic E-state index is 6.56. The van der Waals surface area contributed by atoms with E-state index in [0.717, 1.165) is 11.8 Å². The van der Waals surface area contributed by atoms with Crippen LogP contribution in [-0.2, 0) is 0 Å². The zero-order valence-corrected chi connectivity index (χ0v) is 14.0. The molecule has 0 radical (unpaired) electrons. The number of nitrogens with zero attached hydrogens (tertiary/aromatic N) is 1. The molecule has 3 atom stereocenters. The first-order chi connectivity index (χ1) is 9.53. The molecule has 0 aromatic heterocycles. The minimum Gasteiger partial charge on any atom is -0.327 e. The summed E-state index contributed by atoms with van der Waals surface area (Å²) in [5.41, 5.74) is 6.91. The molecule has 20 heavy (non-hydrogen) atoms. The standard InChI is InChI=1S/C18H36N2/c1-4-7-15-8-6-12-20(13-10-15)14-16-9-5-11-18(2,3)17(16)19/h15-17H,4-14,19H2,1-3H3. The normalized spacial score (nSPS) is 35.7. The number of hydrogen-bond acceptors (Lipinski definition) is 2. The van der Waals surface area contributed by atoms with Crippen molar-refractivity contribution >= 4 is 0 Å². The van der Waals surface area contributed by atoms with Crippen molar-refractivity contribution in [2.24, 2.45) is 23.0 Å². The fraction of sp³-hybridized carbons (Fsp3) is 1.00. The molecule has 2 nitrogen and oxygen atoms in total. The average Bonchev–Trinajstić information content (AvgIpc) is 2.61. The van der Waals surface area contributed by atoms with Gasteiger partial charge in [0.05, 0.1) is 0 Å². The molecule has 2 heteroatoms. The van der Waals surface area contributed by atoms with Crippen LogP contribution in [0.5, 0.6) is 0 Å². The van der Waals surface area contributed by atoms with Crippen LogP contribution >= 0.6 is 0 Å². The van der Waals surface area contributed by atoms with E-state index in [1.54, 1.807) is 0 Å². The van der Waals surface area contributed by atoms with E-state index in [-0.39, 0.29) is 0 Å². The van der Waals surface area contributed by atoms with Crippen molar-refractivity contribution in [3.05, 3.63) is 0 Å². The first-order valence-corrected chi connectivity index (χ1v) is 9.01. The number of likely N-dealkylation sites (tertiary alicyclic amines) is 1. The van der Waals surface area contributed by atoms with Crippen molar-refractivity contribution in [3.8, 4) is 0 Å². The largest absolute Gasteiger partial charge is 0.327 e. The topological polar surface area (TPSA) is 29.3 Å². The smallest absolute Gasteiger partial charge is 0.0131 e. The Morgan fingerprint density at radius 1 is 1.10 bits per heavy atom. The van der Waals surface area contributed by atoms with E-state index >= 15 is 0 Å². The summed E-state index contributed by atoms with van der Waals surface area (Å²) in [7, 11) is 0. The van der Waals surface area contributed by atoms with Crippen LogP contribution < -0.4 is 5.73 Å². The molecule has 0 amide bonds. The van der Waals surface area contributed by atoms with Crippen molar-refractivity contribution in [3.63, 3.8) is 0 Å². The van der Waals surface area contributed by atoms with Gasteiger partial charge in [0.2, 0.25) is 0 Å². The van der Waals surface area contributed by atoms with Gasteiger partial charge in [0.1, 0.15) is 0 Å². The third-order valence-corrected chi connectivity index (χ3v) is 5.94.